The molecule has 0 bridgehead atoms. The third-order valence-corrected chi connectivity index (χ3v) is 9.73. The Morgan fingerprint density at radius 3 is 2.22 bits per heavy atom. The van der Waals surface area contributed by atoms with Crippen LogP contribution >= 0.6 is 0 Å². The SMILES string of the molecule is CCC[C@@H](C)[C@H]1CCC2[C@H](CO)C([C@@]3(C)CC[C@H](O)C[C@@H]3CO)CC[C@@]21C. The van der Waals surface area contributed by atoms with Crippen LogP contribution in [-0.2, 0) is 0 Å². The van der Waals surface area contributed by atoms with E-state index in [1.54, 1.807) is 0 Å². The number of hydrogen-bond donors (Lipinski definition) is 3. The van der Waals surface area contributed by atoms with Gasteiger partial charge in [0.1, 0.15) is 0 Å². The Labute approximate surface area is 166 Å². The van der Waals surface area contributed by atoms with E-state index in [1.165, 1.54) is 38.5 Å². The van der Waals surface area contributed by atoms with Gasteiger partial charge < -0.3 is 15.3 Å². The molecule has 0 aromatic heterocycles. The maximum atomic E-state index is 10.5. The van der Waals surface area contributed by atoms with Crippen molar-refractivity contribution in [1.82, 2.24) is 0 Å². The maximum Gasteiger partial charge on any atom is 0.0544 e. The predicted octanol–water partition coefficient (Wildman–Crippen LogP) is 4.63. The van der Waals surface area contributed by atoms with Gasteiger partial charge in [-0.25, -0.2) is 0 Å². The van der Waals surface area contributed by atoms with Crippen molar-refractivity contribution in [2.24, 2.45) is 46.3 Å². The van der Waals surface area contributed by atoms with Crippen LogP contribution in [0.4, 0.5) is 0 Å². The molecule has 0 aromatic rings. The van der Waals surface area contributed by atoms with Crippen LogP contribution in [0.25, 0.3) is 0 Å². The Bertz CT molecular complexity index is 494. The highest BCUT2D eigenvalue weighted by atomic mass is 16.3. The first-order valence-electron chi connectivity index (χ1n) is 11.7. The summed E-state index contributed by atoms with van der Waals surface area (Å²) in [6, 6.07) is 0. The van der Waals surface area contributed by atoms with Crippen molar-refractivity contribution >= 4 is 0 Å². The van der Waals surface area contributed by atoms with E-state index in [4.69, 9.17) is 0 Å². The summed E-state index contributed by atoms with van der Waals surface area (Å²) in [7, 11) is 0. The average molecular weight is 381 g/mol. The van der Waals surface area contributed by atoms with Gasteiger partial charge in [0.05, 0.1) is 6.10 Å². The zero-order valence-electron chi connectivity index (χ0n) is 18.2. The molecule has 3 heteroatoms. The summed E-state index contributed by atoms with van der Waals surface area (Å²) >= 11 is 0. The molecule has 3 nitrogen and oxygen atoms in total. The predicted molar refractivity (Wildman–Crippen MR) is 110 cm³/mol. The standard InChI is InChI=1S/C24H44O3/c1-5-6-16(2)20-7-8-21-19(15-26)22(10-12-24(20,21)4)23(3)11-9-18(27)13-17(23)14-25/h16-22,25-27H,5-15H2,1-4H3/t16-,17-,18+,19+,20-,21?,22?,23+,24-/m1/s1. The third-order valence-electron chi connectivity index (χ3n) is 9.73. The topological polar surface area (TPSA) is 60.7 Å². The lowest BCUT2D eigenvalue weighted by atomic mass is 9.48. The zero-order valence-corrected chi connectivity index (χ0v) is 18.2. The van der Waals surface area contributed by atoms with Crippen LogP contribution in [0.3, 0.4) is 0 Å². The molecular formula is C24H44O3. The lowest BCUT2D eigenvalue weighted by Crippen LogP contribution is -2.53. The van der Waals surface area contributed by atoms with Crippen LogP contribution in [0.1, 0.15) is 85.5 Å². The van der Waals surface area contributed by atoms with E-state index in [9.17, 15) is 15.3 Å². The molecule has 3 aliphatic rings. The Hall–Kier alpha value is -0.120. The van der Waals surface area contributed by atoms with Crippen molar-refractivity contribution in [3.8, 4) is 0 Å². The maximum absolute atomic E-state index is 10.5. The molecule has 0 aliphatic heterocycles. The molecule has 0 spiro atoms. The largest absolute Gasteiger partial charge is 0.396 e. The normalized spacial score (nSPS) is 49.0. The van der Waals surface area contributed by atoms with Gasteiger partial charge in [0.15, 0.2) is 0 Å². The molecule has 158 valence electrons. The highest BCUT2D eigenvalue weighted by molar-refractivity contribution is 5.07. The van der Waals surface area contributed by atoms with Gasteiger partial charge in [-0.1, -0.05) is 40.5 Å². The number of fused-ring (bicyclic) bond motifs is 1. The summed E-state index contributed by atoms with van der Waals surface area (Å²) in [6.07, 6.45) is 9.92. The van der Waals surface area contributed by atoms with E-state index < -0.39 is 0 Å². The van der Waals surface area contributed by atoms with Gasteiger partial charge >= 0.3 is 0 Å². The van der Waals surface area contributed by atoms with E-state index in [2.05, 4.69) is 27.7 Å². The van der Waals surface area contributed by atoms with Gasteiger partial charge in [0, 0.05) is 13.2 Å². The fourth-order valence-corrected chi connectivity index (χ4v) is 8.16. The number of aliphatic hydroxyl groups is 3. The van der Waals surface area contributed by atoms with Crippen LogP contribution in [0, 0.1) is 46.3 Å². The van der Waals surface area contributed by atoms with Crippen LogP contribution in [0.15, 0.2) is 0 Å². The molecule has 27 heavy (non-hydrogen) atoms. The van der Waals surface area contributed by atoms with Gasteiger partial charge in [0.25, 0.3) is 0 Å². The Morgan fingerprint density at radius 2 is 1.59 bits per heavy atom. The summed E-state index contributed by atoms with van der Waals surface area (Å²) in [4.78, 5) is 0. The van der Waals surface area contributed by atoms with Crippen LogP contribution < -0.4 is 0 Å². The average Bonchev–Trinajstić information content (AvgIpc) is 3.00. The van der Waals surface area contributed by atoms with Crippen molar-refractivity contribution in [3.63, 3.8) is 0 Å². The molecule has 9 atom stereocenters. The van der Waals surface area contributed by atoms with Crippen molar-refractivity contribution in [2.75, 3.05) is 13.2 Å². The molecule has 0 saturated heterocycles. The Kier molecular flexibility index (Phi) is 6.65. The first-order chi connectivity index (χ1) is 12.8. The lowest BCUT2D eigenvalue weighted by Gasteiger charge is -2.57. The minimum Gasteiger partial charge on any atom is -0.396 e. The van der Waals surface area contributed by atoms with Gasteiger partial charge in [-0.05, 0) is 91.3 Å². The van der Waals surface area contributed by atoms with Gasteiger partial charge in [-0.2, -0.15) is 0 Å². The number of hydrogen-bond acceptors (Lipinski definition) is 3. The molecule has 3 saturated carbocycles. The minimum atomic E-state index is -0.262. The molecule has 0 radical (unpaired) electrons. The zero-order chi connectivity index (χ0) is 19.8. The summed E-state index contributed by atoms with van der Waals surface area (Å²) in [5, 5.41) is 30.7. The van der Waals surface area contributed by atoms with Gasteiger partial charge in [-0.3, -0.25) is 0 Å². The summed E-state index contributed by atoms with van der Waals surface area (Å²) in [5.41, 5.74) is 0.424. The lowest BCUT2D eigenvalue weighted by molar-refractivity contribution is -0.117. The van der Waals surface area contributed by atoms with Crippen molar-refractivity contribution in [1.29, 1.82) is 0 Å². The monoisotopic (exact) mass is 380 g/mol. The summed E-state index contributed by atoms with van der Waals surface area (Å²) in [6.45, 7) is 10.1. The quantitative estimate of drug-likeness (QED) is 0.629. The second-order valence-electron chi connectivity index (χ2n) is 10.9. The first kappa shape index (κ1) is 21.6. The first-order valence-corrected chi connectivity index (χ1v) is 11.7. The Morgan fingerprint density at radius 1 is 0.926 bits per heavy atom. The van der Waals surface area contributed by atoms with E-state index in [0.717, 1.165) is 31.1 Å². The number of aliphatic hydroxyl groups excluding tert-OH is 3. The van der Waals surface area contributed by atoms with E-state index in [-0.39, 0.29) is 30.7 Å². The fraction of sp³-hybridized carbons (Fsp3) is 1.00. The second kappa shape index (κ2) is 8.32. The highest BCUT2D eigenvalue weighted by Crippen LogP contribution is 2.65. The van der Waals surface area contributed by atoms with Gasteiger partial charge in [-0.15, -0.1) is 0 Å². The van der Waals surface area contributed by atoms with Crippen molar-refractivity contribution in [3.05, 3.63) is 0 Å². The summed E-state index contributed by atoms with van der Waals surface area (Å²) < 4.78 is 0. The Balaban J connectivity index is 1.84. The molecule has 3 aliphatic carbocycles. The molecule has 0 amide bonds. The van der Waals surface area contributed by atoms with Crippen molar-refractivity contribution in [2.45, 2.75) is 91.6 Å². The molecule has 0 heterocycles. The number of rotatable bonds is 6. The van der Waals surface area contributed by atoms with Crippen LogP contribution in [0.2, 0.25) is 0 Å². The fourth-order valence-electron chi connectivity index (χ4n) is 8.16. The summed E-state index contributed by atoms with van der Waals surface area (Å²) in [5.74, 6) is 3.20. The molecule has 3 rings (SSSR count). The van der Waals surface area contributed by atoms with Crippen LogP contribution in [-0.4, -0.2) is 34.6 Å². The molecule has 2 unspecified atom stereocenters. The highest BCUT2D eigenvalue weighted by Gasteiger charge is 2.58. The molecule has 0 aromatic carbocycles. The van der Waals surface area contributed by atoms with E-state index >= 15 is 0 Å². The molecule has 3 fully saturated rings. The minimum absolute atomic E-state index is 0.0514. The third kappa shape index (κ3) is 3.62. The molecular weight excluding hydrogens is 336 g/mol. The van der Waals surface area contributed by atoms with Gasteiger partial charge in [0.2, 0.25) is 0 Å². The van der Waals surface area contributed by atoms with Crippen LogP contribution in [0.5, 0.6) is 0 Å². The van der Waals surface area contributed by atoms with E-state index in [0.29, 0.717) is 23.2 Å². The smallest absolute Gasteiger partial charge is 0.0544 e. The van der Waals surface area contributed by atoms with E-state index in [1.807, 2.05) is 0 Å². The molecule has 3 N–H and O–H groups in total. The second-order valence-corrected chi connectivity index (χ2v) is 10.9. The van der Waals surface area contributed by atoms with Crippen molar-refractivity contribution < 1.29 is 15.3 Å².